The number of hydrogen-bond acceptors (Lipinski definition) is 10. The third kappa shape index (κ3) is 9.61. The van der Waals surface area contributed by atoms with E-state index in [4.69, 9.17) is 9.47 Å². The first-order valence-electron chi connectivity index (χ1n) is 12.0. The molecule has 0 aromatic heterocycles. The van der Waals surface area contributed by atoms with Crippen molar-refractivity contribution in [2.75, 3.05) is 13.2 Å². The molecule has 0 bridgehead atoms. The van der Waals surface area contributed by atoms with Crippen LogP contribution in [0.4, 0.5) is 11.4 Å². The zero-order valence-electron chi connectivity index (χ0n) is 23.2. The Bertz CT molecular complexity index is 1120. The Hall–Kier alpha value is -4.34. The first-order valence-corrected chi connectivity index (χ1v) is 12.0. The number of ether oxygens (including phenoxy) is 2. The van der Waals surface area contributed by atoms with Gasteiger partial charge in [-0.25, -0.2) is 9.59 Å². The van der Waals surface area contributed by atoms with E-state index in [1.165, 1.54) is 13.8 Å². The summed E-state index contributed by atoms with van der Waals surface area (Å²) in [5, 5.41) is 34.6. The summed E-state index contributed by atoms with van der Waals surface area (Å²) < 4.78 is 9.61. The van der Waals surface area contributed by atoms with E-state index in [1.54, 1.807) is 13.8 Å². The van der Waals surface area contributed by atoms with Gasteiger partial charge in [0.1, 0.15) is 11.5 Å². The van der Waals surface area contributed by atoms with Crippen molar-refractivity contribution in [3.8, 4) is 0 Å². The largest absolute Gasteiger partial charge is 0.510 e. The number of aryl methyl sites for hydroxylation is 4. The van der Waals surface area contributed by atoms with Crippen LogP contribution in [0.1, 0.15) is 49.9 Å². The lowest BCUT2D eigenvalue weighted by atomic mass is 10.1. The molecule has 0 aliphatic carbocycles. The average molecular weight is 525 g/mol. The molecule has 10 heteroatoms. The highest BCUT2D eigenvalue weighted by atomic mass is 16.5. The molecule has 0 unspecified atom stereocenters. The van der Waals surface area contributed by atoms with Gasteiger partial charge >= 0.3 is 11.9 Å². The summed E-state index contributed by atoms with van der Waals surface area (Å²) >= 11 is 0. The standard InChI is InChI=1S/2C14H18N2O3/c2*1-5-19-14(18)13(11(4)17)16-15-12-9(2)7-6-8-10(12)3/h2*6-8,17H,5H2,1-4H3/b2*13-11-,16-15?. The fraction of sp³-hybridized carbons (Fsp3) is 0.357. The highest BCUT2D eigenvalue weighted by molar-refractivity contribution is 5.88. The summed E-state index contributed by atoms with van der Waals surface area (Å²) in [7, 11) is 0. The highest BCUT2D eigenvalue weighted by Crippen LogP contribution is 2.25. The van der Waals surface area contributed by atoms with Crippen molar-refractivity contribution in [3.05, 3.63) is 81.6 Å². The minimum atomic E-state index is -0.683. The molecule has 2 N–H and O–H groups in total. The maximum Gasteiger partial charge on any atom is 0.362 e. The van der Waals surface area contributed by atoms with Gasteiger partial charge in [0.2, 0.25) is 11.4 Å². The maximum absolute atomic E-state index is 11.6. The van der Waals surface area contributed by atoms with Crippen LogP contribution < -0.4 is 0 Å². The molecule has 0 saturated heterocycles. The quantitative estimate of drug-likeness (QED) is 0.159. The molecular weight excluding hydrogens is 488 g/mol. The van der Waals surface area contributed by atoms with Gasteiger partial charge in [0.05, 0.1) is 24.6 Å². The SMILES string of the molecule is CCOC(=O)/C(N=Nc1c(C)cccc1C)=C(\C)O.CCOC(=O)/C(N=Nc1c(C)cccc1C)=C(\C)O. The molecule has 0 saturated carbocycles. The van der Waals surface area contributed by atoms with Gasteiger partial charge in [-0.1, -0.05) is 36.4 Å². The van der Waals surface area contributed by atoms with Gasteiger partial charge in [0.15, 0.2) is 0 Å². The van der Waals surface area contributed by atoms with Crippen LogP contribution in [0, 0.1) is 27.7 Å². The van der Waals surface area contributed by atoms with Crippen molar-refractivity contribution in [3.63, 3.8) is 0 Å². The molecule has 204 valence electrons. The lowest BCUT2D eigenvalue weighted by molar-refractivity contribution is -0.139. The number of carbonyl (C=O) groups excluding carboxylic acids is 2. The number of esters is 2. The van der Waals surface area contributed by atoms with Crippen molar-refractivity contribution in [1.29, 1.82) is 0 Å². The molecule has 0 aliphatic rings. The van der Waals surface area contributed by atoms with Gasteiger partial charge in [0.25, 0.3) is 0 Å². The number of aliphatic hydroxyl groups excluding tert-OH is 2. The zero-order valence-corrected chi connectivity index (χ0v) is 23.2. The summed E-state index contributed by atoms with van der Waals surface area (Å²) in [5.74, 6) is -1.79. The van der Waals surface area contributed by atoms with Crippen LogP contribution in [0.3, 0.4) is 0 Å². The van der Waals surface area contributed by atoms with E-state index in [0.29, 0.717) is 11.4 Å². The topological polar surface area (TPSA) is 142 Å². The number of carbonyl (C=O) groups is 2. The van der Waals surface area contributed by atoms with Gasteiger partial charge < -0.3 is 19.7 Å². The monoisotopic (exact) mass is 524 g/mol. The molecule has 0 atom stereocenters. The van der Waals surface area contributed by atoms with E-state index in [0.717, 1.165) is 22.3 Å². The lowest BCUT2D eigenvalue weighted by Gasteiger charge is -2.04. The van der Waals surface area contributed by atoms with Gasteiger partial charge in [0, 0.05) is 0 Å². The number of hydrogen-bond donors (Lipinski definition) is 2. The third-order valence-corrected chi connectivity index (χ3v) is 5.00. The Morgan fingerprint density at radius 1 is 0.658 bits per heavy atom. The van der Waals surface area contributed by atoms with E-state index < -0.39 is 11.9 Å². The molecule has 0 spiro atoms. The predicted molar refractivity (Wildman–Crippen MR) is 145 cm³/mol. The third-order valence-electron chi connectivity index (χ3n) is 5.00. The van der Waals surface area contributed by atoms with Gasteiger partial charge in [-0.3, -0.25) is 0 Å². The van der Waals surface area contributed by atoms with Gasteiger partial charge in [-0.15, -0.1) is 20.5 Å². The Balaban J connectivity index is 0.000000380. The summed E-state index contributed by atoms with van der Waals surface area (Å²) in [5.41, 5.74) is 4.81. The summed E-state index contributed by atoms with van der Waals surface area (Å²) in [6.07, 6.45) is 0. The van der Waals surface area contributed by atoms with Crippen molar-refractivity contribution in [1.82, 2.24) is 0 Å². The number of aliphatic hydroxyl groups is 2. The van der Waals surface area contributed by atoms with Gasteiger partial charge in [-0.2, -0.15) is 0 Å². The second-order valence-electron chi connectivity index (χ2n) is 8.19. The lowest BCUT2D eigenvalue weighted by Crippen LogP contribution is -2.07. The molecule has 2 aromatic carbocycles. The average Bonchev–Trinajstić information content (AvgIpc) is 2.83. The van der Waals surface area contributed by atoms with Crippen LogP contribution in [-0.4, -0.2) is 35.4 Å². The number of nitrogens with zero attached hydrogens (tertiary/aromatic N) is 4. The molecule has 38 heavy (non-hydrogen) atoms. The van der Waals surface area contributed by atoms with Crippen LogP contribution >= 0.6 is 0 Å². The second-order valence-corrected chi connectivity index (χ2v) is 8.19. The smallest absolute Gasteiger partial charge is 0.362 e. The Morgan fingerprint density at radius 3 is 1.18 bits per heavy atom. The summed E-state index contributed by atoms with van der Waals surface area (Å²) in [6.45, 7) is 14.2. The zero-order chi connectivity index (χ0) is 28.8. The van der Waals surface area contributed by atoms with E-state index in [1.807, 2.05) is 64.1 Å². The number of benzene rings is 2. The van der Waals surface area contributed by atoms with Crippen LogP contribution in [0.5, 0.6) is 0 Å². The van der Waals surface area contributed by atoms with Gasteiger partial charge in [-0.05, 0) is 77.6 Å². The first kappa shape index (κ1) is 31.7. The summed E-state index contributed by atoms with van der Waals surface area (Å²) in [4.78, 5) is 23.2. The van der Waals surface area contributed by atoms with Crippen molar-refractivity contribution < 1.29 is 29.3 Å². The van der Waals surface area contributed by atoms with Crippen molar-refractivity contribution >= 4 is 23.3 Å². The van der Waals surface area contributed by atoms with E-state index in [2.05, 4.69) is 20.5 Å². The Kier molecular flexibility index (Phi) is 13.1. The second kappa shape index (κ2) is 15.7. The fourth-order valence-electron chi connectivity index (χ4n) is 3.05. The number of rotatable bonds is 8. The molecule has 10 nitrogen and oxygen atoms in total. The molecular formula is C28H36N4O6. The van der Waals surface area contributed by atoms with E-state index in [-0.39, 0.29) is 36.1 Å². The highest BCUT2D eigenvalue weighted by Gasteiger charge is 2.15. The molecule has 2 aromatic rings. The molecule has 0 heterocycles. The minimum absolute atomic E-state index is 0.176. The van der Waals surface area contributed by atoms with Crippen LogP contribution in [0.25, 0.3) is 0 Å². The number of allylic oxidation sites excluding steroid dienone is 2. The fourth-order valence-corrected chi connectivity index (χ4v) is 3.05. The van der Waals surface area contributed by atoms with Crippen molar-refractivity contribution in [2.45, 2.75) is 55.4 Å². The summed E-state index contributed by atoms with van der Waals surface area (Å²) in [6, 6.07) is 11.5. The molecule has 0 amide bonds. The Morgan fingerprint density at radius 2 is 0.947 bits per heavy atom. The Labute approximate surface area is 223 Å². The maximum atomic E-state index is 11.6. The molecule has 2 rings (SSSR count). The van der Waals surface area contributed by atoms with E-state index in [9.17, 15) is 19.8 Å². The minimum Gasteiger partial charge on any atom is -0.510 e. The van der Waals surface area contributed by atoms with Crippen LogP contribution in [0.15, 0.2) is 79.8 Å². The number of azo groups is 2. The molecule has 0 radical (unpaired) electrons. The van der Waals surface area contributed by atoms with Crippen LogP contribution in [0.2, 0.25) is 0 Å². The molecule has 0 aliphatic heterocycles. The molecule has 0 fully saturated rings. The normalized spacial score (nSPS) is 12.4. The van der Waals surface area contributed by atoms with Crippen LogP contribution in [-0.2, 0) is 19.1 Å². The van der Waals surface area contributed by atoms with Crippen molar-refractivity contribution in [2.24, 2.45) is 20.5 Å². The van der Waals surface area contributed by atoms with E-state index >= 15 is 0 Å². The first-order chi connectivity index (χ1) is 17.9. The predicted octanol–water partition coefficient (Wildman–Crippen LogP) is 7.48.